The third-order valence-electron chi connectivity index (χ3n) is 6.31. The second kappa shape index (κ2) is 10.7. The number of nitrogens with one attached hydrogen (secondary N) is 1. The number of hydrogen-bond donors (Lipinski definition) is 2. The number of benzene rings is 2. The highest BCUT2D eigenvalue weighted by Gasteiger charge is 2.42. The largest absolute Gasteiger partial charge is 0.480 e. The van der Waals surface area contributed by atoms with Crippen molar-refractivity contribution in [1.82, 2.24) is 10.2 Å². The number of aliphatic carboxylic acids is 1. The molecule has 2 unspecified atom stereocenters. The predicted molar refractivity (Wildman–Crippen MR) is 135 cm³/mol. The Kier molecular flexibility index (Phi) is 7.73. The summed E-state index contributed by atoms with van der Waals surface area (Å²) in [6.45, 7) is 1.96. The fraction of sp³-hybridized carbons (Fsp3) is 0.400. The molecule has 0 spiro atoms. The maximum atomic E-state index is 13.3. The van der Waals surface area contributed by atoms with Crippen molar-refractivity contribution in [3.8, 4) is 11.1 Å². The lowest BCUT2D eigenvalue weighted by molar-refractivity contribution is -0.149. The van der Waals surface area contributed by atoms with E-state index in [2.05, 4.69) is 17.4 Å². The van der Waals surface area contributed by atoms with Crippen LogP contribution in [0.4, 0.5) is 4.79 Å². The highest BCUT2D eigenvalue weighted by Crippen LogP contribution is 2.44. The number of carboxylic acids is 1. The molecule has 2 aromatic rings. The lowest BCUT2D eigenvalue weighted by atomic mass is 9.98. The van der Waals surface area contributed by atoms with Crippen LogP contribution < -0.4 is 5.32 Å². The summed E-state index contributed by atoms with van der Waals surface area (Å²) in [5.74, 6) is -0.511. The minimum absolute atomic E-state index is 0.0788. The monoisotopic (exact) mass is 500 g/mol. The minimum Gasteiger partial charge on any atom is -0.480 e. The summed E-state index contributed by atoms with van der Waals surface area (Å²) < 4.78 is 5.61. The molecule has 0 bridgehead atoms. The second-order valence-corrected chi connectivity index (χ2v) is 10.7. The Balaban J connectivity index is 1.45. The van der Waals surface area contributed by atoms with E-state index in [0.717, 1.165) is 22.3 Å². The first-order valence-corrected chi connectivity index (χ1v) is 13.6. The van der Waals surface area contributed by atoms with Crippen molar-refractivity contribution in [2.75, 3.05) is 24.4 Å². The molecule has 1 aliphatic carbocycles. The number of rotatable bonds is 8. The Labute approximate surface area is 207 Å². The second-order valence-electron chi connectivity index (χ2n) is 8.34. The molecule has 0 radical (unpaired) electrons. The molecule has 2 N–H and O–H groups in total. The van der Waals surface area contributed by atoms with E-state index >= 15 is 0 Å². The van der Waals surface area contributed by atoms with Crippen LogP contribution in [0.5, 0.6) is 0 Å². The first-order chi connectivity index (χ1) is 16.4. The fourth-order valence-electron chi connectivity index (χ4n) is 4.62. The van der Waals surface area contributed by atoms with Gasteiger partial charge in [-0.1, -0.05) is 48.5 Å². The number of hydrogen-bond acceptors (Lipinski definition) is 6. The maximum Gasteiger partial charge on any atom is 0.407 e. The van der Waals surface area contributed by atoms with E-state index in [0.29, 0.717) is 17.9 Å². The van der Waals surface area contributed by atoms with Crippen LogP contribution in [0.2, 0.25) is 0 Å². The number of carbonyl (C=O) groups excluding carboxylic acids is 2. The summed E-state index contributed by atoms with van der Waals surface area (Å²) in [7, 11) is 0. The standard InChI is InChI=1S/C25H28N2O5S2/c1-15-27(22(14-34-15)24(29)30)23(28)21(11-12-33-2)26-25(31)32-13-20-18-9-5-3-7-16(18)17-8-4-6-10-19(17)20/h3-10,15,20-22H,11-14H2,1-2H3,(H,26,31)(H,29,30)/t15?,21-,22?/m0/s1. The molecule has 9 heteroatoms. The van der Waals surface area contributed by atoms with E-state index in [1.807, 2.05) is 49.6 Å². The molecule has 1 heterocycles. The van der Waals surface area contributed by atoms with Crippen LogP contribution in [-0.2, 0) is 14.3 Å². The number of fused-ring (bicyclic) bond motifs is 3. The SMILES string of the molecule is CSCC[C@H](NC(=O)OCC1c2ccccc2-c2ccccc21)C(=O)N1C(C)SCC1C(=O)O. The van der Waals surface area contributed by atoms with Crippen LogP contribution >= 0.6 is 23.5 Å². The van der Waals surface area contributed by atoms with Gasteiger partial charge in [0.2, 0.25) is 5.91 Å². The van der Waals surface area contributed by atoms with E-state index in [1.54, 1.807) is 11.8 Å². The highest BCUT2D eigenvalue weighted by molar-refractivity contribution is 8.00. The number of amides is 2. The Morgan fingerprint density at radius 2 is 1.76 bits per heavy atom. The van der Waals surface area contributed by atoms with Crippen molar-refractivity contribution in [2.24, 2.45) is 0 Å². The first-order valence-electron chi connectivity index (χ1n) is 11.2. The third kappa shape index (κ3) is 4.90. The summed E-state index contributed by atoms with van der Waals surface area (Å²) in [6, 6.07) is 14.4. The average molecular weight is 501 g/mol. The van der Waals surface area contributed by atoms with Crippen molar-refractivity contribution in [3.05, 3.63) is 59.7 Å². The predicted octanol–water partition coefficient (Wildman–Crippen LogP) is 4.02. The van der Waals surface area contributed by atoms with Crippen molar-refractivity contribution >= 4 is 41.5 Å². The molecular weight excluding hydrogens is 472 g/mol. The van der Waals surface area contributed by atoms with Gasteiger partial charge in [0.1, 0.15) is 18.7 Å². The van der Waals surface area contributed by atoms with Gasteiger partial charge < -0.3 is 20.1 Å². The summed E-state index contributed by atoms with van der Waals surface area (Å²) in [6.07, 6.45) is 1.64. The van der Waals surface area contributed by atoms with Crippen LogP contribution in [-0.4, -0.2) is 69.8 Å². The van der Waals surface area contributed by atoms with Crippen LogP contribution in [0.1, 0.15) is 30.4 Å². The molecule has 0 aromatic heterocycles. The van der Waals surface area contributed by atoms with Gasteiger partial charge in [-0.2, -0.15) is 11.8 Å². The van der Waals surface area contributed by atoms with Crippen LogP contribution in [0.15, 0.2) is 48.5 Å². The lowest BCUT2D eigenvalue weighted by Gasteiger charge is -2.29. The maximum absolute atomic E-state index is 13.3. The van der Waals surface area contributed by atoms with Crippen molar-refractivity contribution in [1.29, 1.82) is 0 Å². The van der Waals surface area contributed by atoms with Crippen LogP contribution in [0, 0.1) is 0 Å². The molecule has 0 saturated carbocycles. The Hall–Kier alpha value is -2.65. The van der Waals surface area contributed by atoms with Gasteiger partial charge in [-0.05, 0) is 47.6 Å². The fourth-order valence-corrected chi connectivity index (χ4v) is 6.27. The van der Waals surface area contributed by atoms with Crippen LogP contribution in [0.3, 0.4) is 0 Å². The smallest absolute Gasteiger partial charge is 0.407 e. The van der Waals surface area contributed by atoms with E-state index in [4.69, 9.17) is 4.74 Å². The lowest BCUT2D eigenvalue weighted by Crippen LogP contribution is -2.54. The van der Waals surface area contributed by atoms with E-state index in [-0.39, 0.29) is 23.8 Å². The van der Waals surface area contributed by atoms with Crippen LogP contribution in [0.25, 0.3) is 11.1 Å². The van der Waals surface area contributed by atoms with E-state index in [9.17, 15) is 19.5 Å². The first kappa shape index (κ1) is 24.5. The number of nitrogens with zero attached hydrogens (tertiary/aromatic N) is 1. The minimum atomic E-state index is -1.03. The Morgan fingerprint density at radius 3 is 2.35 bits per heavy atom. The highest BCUT2D eigenvalue weighted by atomic mass is 32.2. The van der Waals surface area contributed by atoms with Crippen molar-refractivity contribution in [2.45, 2.75) is 36.7 Å². The van der Waals surface area contributed by atoms with Gasteiger partial charge in [0.15, 0.2) is 0 Å². The van der Waals surface area contributed by atoms with Crippen molar-refractivity contribution in [3.63, 3.8) is 0 Å². The zero-order chi connectivity index (χ0) is 24.2. The molecule has 1 saturated heterocycles. The zero-order valence-electron chi connectivity index (χ0n) is 19.1. The topological polar surface area (TPSA) is 95.9 Å². The number of thioether (sulfide) groups is 2. The Morgan fingerprint density at radius 1 is 1.15 bits per heavy atom. The summed E-state index contributed by atoms with van der Waals surface area (Å²) in [5, 5.41) is 12.0. The number of alkyl carbamates (subject to hydrolysis) is 1. The zero-order valence-corrected chi connectivity index (χ0v) is 20.7. The summed E-state index contributed by atoms with van der Waals surface area (Å²) >= 11 is 2.98. The molecule has 2 amide bonds. The number of carbonyl (C=O) groups is 3. The Bertz CT molecular complexity index is 1030. The molecule has 3 atom stereocenters. The quantitative estimate of drug-likeness (QED) is 0.565. The van der Waals surface area contributed by atoms with Gasteiger partial charge in [-0.3, -0.25) is 4.79 Å². The third-order valence-corrected chi connectivity index (χ3v) is 8.17. The molecule has 4 rings (SSSR count). The van der Waals surface area contributed by atoms with Gasteiger partial charge in [0.25, 0.3) is 0 Å². The molecule has 1 fully saturated rings. The molecular formula is C25H28N2O5S2. The molecule has 34 heavy (non-hydrogen) atoms. The number of carboxylic acid groups (broad SMARTS) is 1. The average Bonchev–Trinajstić information content (AvgIpc) is 3.38. The molecule has 180 valence electrons. The molecule has 2 aliphatic rings. The van der Waals surface area contributed by atoms with Gasteiger partial charge in [-0.25, -0.2) is 9.59 Å². The van der Waals surface area contributed by atoms with Gasteiger partial charge in [-0.15, -0.1) is 11.8 Å². The molecule has 2 aromatic carbocycles. The molecule has 1 aliphatic heterocycles. The van der Waals surface area contributed by atoms with Gasteiger partial charge in [0.05, 0.1) is 5.37 Å². The van der Waals surface area contributed by atoms with Gasteiger partial charge >= 0.3 is 12.1 Å². The normalized spacial score (nSPS) is 19.9. The van der Waals surface area contributed by atoms with E-state index in [1.165, 1.54) is 16.7 Å². The van der Waals surface area contributed by atoms with Gasteiger partial charge in [0, 0.05) is 11.7 Å². The molecule has 7 nitrogen and oxygen atoms in total. The number of ether oxygens (including phenoxy) is 1. The summed E-state index contributed by atoms with van der Waals surface area (Å²) in [4.78, 5) is 39.1. The van der Waals surface area contributed by atoms with E-state index < -0.39 is 24.1 Å². The van der Waals surface area contributed by atoms with Crippen molar-refractivity contribution < 1.29 is 24.2 Å². The summed E-state index contributed by atoms with van der Waals surface area (Å²) in [5.41, 5.74) is 4.50.